The molecule has 2 N–H and O–H groups in total. The molecule has 1 heterocycles. The predicted molar refractivity (Wildman–Crippen MR) is 101 cm³/mol. The Morgan fingerprint density at radius 3 is 2.88 bits per heavy atom. The maximum atomic E-state index is 13.2. The molecular weight excluding hydrogens is 379 g/mol. The monoisotopic (exact) mass is 392 g/mol. The molecular formula is C18H14ClFN2O3S. The number of nitrogens with zero attached hydrogens (tertiary/aromatic N) is 1. The number of aromatic hydroxyl groups is 1. The number of carbonyl (C=O) groups excluding carboxylic acids is 1. The molecule has 0 saturated carbocycles. The van der Waals surface area contributed by atoms with Crippen LogP contribution in [0.2, 0.25) is 5.02 Å². The van der Waals surface area contributed by atoms with E-state index in [9.17, 15) is 14.3 Å². The van der Waals surface area contributed by atoms with Crippen LogP contribution in [0, 0.1) is 5.82 Å². The van der Waals surface area contributed by atoms with Gasteiger partial charge in [-0.3, -0.25) is 4.79 Å². The van der Waals surface area contributed by atoms with E-state index in [-0.39, 0.29) is 16.7 Å². The molecule has 0 radical (unpaired) electrons. The first-order valence-electron chi connectivity index (χ1n) is 7.66. The summed E-state index contributed by atoms with van der Waals surface area (Å²) in [5.74, 6) is -0.446. The predicted octanol–water partition coefficient (Wildman–Crippen LogP) is 4.48. The fourth-order valence-electron chi connectivity index (χ4n) is 2.20. The van der Waals surface area contributed by atoms with Crippen LogP contribution < -0.4 is 10.1 Å². The zero-order valence-electron chi connectivity index (χ0n) is 13.6. The Kier molecular flexibility index (Phi) is 5.49. The Balaban J connectivity index is 1.83. The van der Waals surface area contributed by atoms with Crippen molar-refractivity contribution >= 4 is 46.2 Å². The number of rotatable bonds is 4. The molecule has 1 saturated heterocycles. The van der Waals surface area contributed by atoms with Crippen molar-refractivity contribution in [2.24, 2.45) is 4.99 Å². The summed E-state index contributed by atoms with van der Waals surface area (Å²) in [6.45, 7) is 2.23. The Labute approximate surface area is 158 Å². The van der Waals surface area contributed by atoms with Gasteiger partial charge in [0.05, 0.1) is 22.2 Å². The molecule has 0 spiro atoms. The topological polar surface area (TPSA) is 70.9 Å². The van der Waals surface area contributed by atoms with Crippen molar-refractivity contribution in [1.82, 2.24) is 5.32 Å². The van der Waals surface area contributed by atoms with E-state index in [1.807, 2.05) is 6.92 Å². The van der Waals surface area contributed by atoms with Crippen LogP contribution in [-0.2, 0) is 4.79 Å². The fourth-order valence-corrected chi connectivity index (χ4v) is 3.21. The fraction of sp³-hybridized carbons (Fsp3) is 0.111. The molecule has 5 nitrogen and oxygen atoms in total. The SMILES string of the molecule is CCOc1cc(C=C2SC(=Nc3ccc(F)c(Cl)c3)NC2=O)ccc1O. The maximum Gasteiger partial charge on any atom is 0.264 e. The number of hydrogen-bond donors (Lipinski definition) is 2. The summed E-state index contributed by atoms with van der Waals surface area (Å²) in [5.41, 5.74) is 1.14. The van der Waals surface area contributed by atoms with E-state index in [2.05, 4.69) is 10.3 Å². The molecule has 2 aromatic carbocycles. The van der Waals surface area contributed by atoms with Gasteiger partial charge in [0.15, 0.2) is 16.7 Å². The number of amidine groups is 1. The second kappa shape index (κ2) is 7.80. The van der Waals surface area contributed by atoms with Gasteiger partial charge >= 0.3 is 0 Å². The van der Waals surface area contributed by atoms with E-state index in [0.717, 1.165) is 11.8 Å². The maximum absolute atomic E-state index is 13.2. The van der Waals surface area contributed by atoms with Crippen molar-refractivity contribution in [3.05, 3.63) is 57.7 Å². The highest BCUT2D eigenvalue weighted by Crippen LogP contribution is 2.32. The second-order valence-electron chi connectivity index (χ2n) is 5.24. The molecule has 8 heteroatoms. The summed E-state index contributed by atoms with van der Waals surface area (Å²) >= 11 is 6.89. The number of benzene rings is 2. The van der Waals surface area contributed by atoms with Gasteiger partial charge in [-0.2, -0.15) is 0 Å². The number of hydrogen-bond acceptors (Lipinski definition) is 5. The van der Waals surface area contributed by atoms with Crippen LogP contribution in [0.1, 0.15) is 12.5 Å². The normalized spacial score (nSPS) is 17.0. The summed E-state index contributed by atoms with van der Waals surface area (Å²) in [7, 11) is 0. The van der Waals surface area contributed by atoms with E-state index in [4.69, 9.17) is 16.3 Å². The molecule has 0 unspecified atom stereocenters. The molecule has 134 valence electrons. The van der Waals surface area contributed by atoms with Gasteiger partial charge in [0.25, 0.3) is 5.91 Å². The van der Waals surface area contributed by atoms with Crippen LogP contribution >= 0.6 is 23.4 Å². The Bertz CT molecular complexity index is 931. The lowest BCUT2D eigenvalue weighted by Crippen LogP contribution is -2.19. The van der Waals surface area contributed by atoms with Gasteiger partial charge in [0.2, 0.25) is 0 Å². The number of nitrogens with one attached hydrogen (secondary N) is 1. The van der Waals surface area contributed by atoms with Gasteiger partial charge in [-0.1, -0.05) is 17.7 Å². The second-order valence-corrected chi connectivity index (χ2v) is 6.68. The highest BCUT2D eigenvalue weighted by atomic mass is 35.5. The van der Waals surface area contributed by atoms with Crippen LogP contribution in [0.5, 0.6) is 11.5 Å². The van der Waals surface area contributed by atoms with Gasteiger partial charge in [0, 0.05) is 0 Å². The third kappa shape index (κ3) is 4.17. The largest absolute Gasteiger partial charge is 0.504 e. The molecule has 0 aromatic heterocycles. The molecule has 1 fully saturated rings. The highest BCUT2D eigenvalue weighted by molar-refractivity contribution is 8.18. The van der Waals surface area contributed by atoms with E-state index >= 15 is 0 Å². The number of aliphatic imine (C=N–C) groups is 1. The van der Waals surface area contributed by atoms with Crippen molar-refractivity contribution in [2.45, 2.75) is 6.92 Å². The molecule has 0 atom stereocenters. The molecule has 3 rings (SSSR count). The van der Waals surface area contributed by atoms with Crippen molar-refractivity contribution in [1.29, 1.82) is 0 Å². The van der Waals surface area contributed by atoms with Gasteiger partial charge in [-0.15, -0.1) is 0 Å². The summed E-state index contributed by atoms with van der Waals surface area (Å²) in [5, 5.41) is 12.7. The summed E-state index contributed by atoms with van der Waals surface area (Å²) in [4.78, 5) is 16.8. The molecule has 1 aliphatic rings. The van der Waals surface area contributed by atoms with Crippen LogP contribution in [0.3, 0.4) is 0 Å². The molecule has 2 aromatic rings. The van der Waals surface area contributed by atoms with E-state index in [1.54, 1.807) is 18.2 Å². The number of halogens is 2. The lowest BCUT2D eigenvalue weighted by molar-refractivity contribution is -0.115. The molecule has 1 amide bonds. The first-order valence-corrected chi connectivity index (χ1v) is 8.86. The van der Waals surface area contributed by atoms with Crippen molar-refractivity contribution < 1.29 is 19.0 Å². The molecule has 1 aliphatic heterocycles. The number of amides is 1. The Hall–Kier alpha value is -2.51. The summed E-state index contributed by atoms with van der Waals surface area (Å²) in [6.07, 6.45) is 1.67. The number of phenolic OH excluding ortho intramolecular Hbond substituents is 1. The minimum atomic E-state index is -0.531. The lowest BCUT2D eigenvalue weighted by atomic mass is 10.2. The summed E-state index contributed by atoms with van der Waals surface area (Å²) < 4.78 is 18.5. The van der Waals surface area contributed by atoms with E-state index in [1.165, 1.54) is 24.3 Å². The third-order valence-corrected chi connectivity index (χ3v) is 4.57. The quantitative estimate of drug-likeness (QED) is 0.753. The zero-order valence-corrected chi connectivity index (χ0v) is 15.2. The minimum absolute atomic E-state index is 0.0352. The highest BCUT2D eigenvalue weighted by Gasteiger charge is 2.24. The average Bonchev–Trinajstić information content (AvgIpc) is 2.93. The van der Waals surface area contributed by atoms with Crippen molar-refractivity contribution in [3.8, 4) is 11.5 Å². The van der Waals surface area contributed by atoms with Gasteiger partial charge in [0.1, 0.15) is 5.82 Å². The zero-order chi connectivity index (χ0) is 18.7. The lowest BCUT2D eigenvalue weighted by Gasteiger charge is -2.06. The van der Waals surface area contributed by atoms with E-state index < -0.39 is 5.82 Å². The molecule has 0 aliphatic carbocycles. The Morgan fingerprint density at radius 1 is 1.35 bits per heavy atom. The van der Waals surface area contributed by atoms with E-state index in [0.29, 0.717) is 33.7 Å². The van der Waals surface area contributed by atoms with Crippen LogP contribution in [0.25, 0.3) is 6.08 Å². The number of carbonyl (C=O) groups is 1. The first-order chi connectivity index (χ1) is 12.5. The van der Waals surface area contributed by atoms with Gasteiger partial charge in [-0.25, -0.2) is 9.38 Å². The molecule has 0 bridgehead atoms. The average molecular weight is 393 g/mol. The molecule has 26 heavy (non-hydrogen) atoms. The Morgan fingerprint density at radius 2 is 2.15 bits per heavy atom. The van der Waals surface area contributed by atoms with Crippen LogP contribution in [0.15, 0.2) is 46.3 Å². The van der Waals surface area contributed by atoms with Crippen LogP contribution in [0.4, 0.5) is 10.1 Å². The number of ether oxygens (including phenoxy) is 1. The minimum Gasteiger partial charge on any atom is -0.504 e. The van der Waals surface area contributed by atoms with Gasteiger partial charge < -0.3 is 15.2 Å². The number of thioether (sulfide) groups is 1. The number of phenols is 1. The van der Waals surface area contributed by atoms with Gasteiger partial charge in [-0.05, 0) is 60.7 Å². The third-order valence-electron chi connectivity index (χ3n) is 3.37. The van der Waals surface area contributed by atoms with Crippen LogP contribution in [-0.4, -0.2) is 22.8 Å². The van der Waals surface area contributed by atoms with Crippen molar-refractivity contribution in [2.75, 3.05) is 6.61 Å². The smallest absolute Gasteiger partial charge is 0.264 e. The summed E-state index contributed by atoms with van der Waals surface area (Å²) in [6, 6.07) is 8.89. The first kappa shape index (κ1) is 18.3. The standard InChI is InChI=1S/C18H14ClFN2O3S/c1-2-25-15-7-10(3-6-14(15)23)8-16-17(24)22-18(26-16)21-11-4-5-13(20)12(19)9-11/h3-9,23H,2H2,1H3,(H,21,22,24). The van der Waals surface area contributed by atoms with Crippen molar-refractivity contribution in [3.63, 3.8) is 0 Å².